The van der Waals surface area contributed by atoms with Crippen molar-refractivity contribution in [1.82, 2.24) is 0 Å². The molecule has 0 radical (unpaired) electrons. The maximum Gasteiger partial charge on any atom is 2.00 e. The summed E-state index contributed by atoms with van der Waals surface area (Å²) in [5.41, 5.74) is 2.74. The Morgan fingerprint density at radius 3 is 2.93 bits per heavy atom. The average molecular weight is 428 g/mol. The van der Waals surface area contributed by atoms with Crippen LogP contribution in [0.1, 0.15) is 30.9 Å². The Balaban J connectivity index is 0.000000980. The zero-order valence-corrected chi connectivity index (χ0v) is 13.7. The Labute approximate surface area is 117 Å². The van der Waals surface area contributed by atoms with Gasteiger partial charge in [0.1, 0.15) is 0 Å². The van der Waals surface area contributed by atoms with Gasteiger partial charge in [0.05, 0.1) is 5.75 Å². The first-order valence-corrected chi connectivity index (χ1v) is 5.00. The zero-order valence-electron chi connectivity index (χ0n) is 9.55. The Morgan fingerprint density at radius 1 is 1.40 bits per heavy atom. The van der Waals surface area contributed by atoms with E-state index in [4.69, 9.17) is 4.74 Å². The van der Waals surface area contributed by atoms with Crippen LogP contribution in [0.15, 0.2) is 18.2 Å². The van der Waals surface area contributed by atoms with Crippen LogP contribution in [0.25, 0.3) is 0 Å². The van der Waals surface area contributed by atoms with Crippen molar-refractivity contribution in [1.29, 1.82) is 0 Å². The van der Waals surface area contributed by atoms with E-state index in [1.165, 1.54) is 17.5 Å². The SMILES string of the molecule is CCCc1ccc2c(c1)O[CH-]CC2.[CH3-].[U+2]. The molecule has 0 N–H and O–H groups in total. The molecule has 0 atom stereocenters. The molecule has 0 saturated carbocycles. The largest absolute Gasteiger partial charge is 2.00 e. The number of hydrogen-bond acceptors (Lipinski definition) is 1. The molecule has 15 heavy (non-hydrogen) atoms. The van der Waals surface area contributed by atoms with Gasteiger partial charge in [0.15, 0.2) is 0 Å². The number of fused-ring (bicyclic) bond motifs is 1. The summed E-state index contributed by atoms with van der Waals surface area (Å²) < 4.78 is 5.49. The molecule has 1 heterocycles. The first-order chi connectivity index (χ1) is 6.40. The topological polar surface area (TPSA) is 9.23 Å². The van der Waals surface area contributed by atoms with E-state index in [-0.39, 0.29) is 38.5 Å². The molecule has 1 nitrogen and oxygen atoms in total. The van der Waals surface area contributed by atoms with E-state index in [0.717, 1.165) is 25.0 Å². The maximum absolute atomic E-state index is 5.49. The molecule has 2 heteroatoms. The van der Waals surface area contributed by atoms with E-state index in [9.17, 15) is 0 Å². The van der Waals surface area contributed by atoms with Crippen molar-refractivity contribution in [2.24, 2.45) is 0 Å². The molecule has 0 fully saturated rings. The van der Waals surface area contributed by atoms with Crippen LogP contribution < -0.4 is 4.74 Å². The van der Waals surface area contributed by atoms with E-state index < -0.39 is 0 Å². The number of hydrogen-bond donors (Lipinski definition) is 0. The second-order valence-electron chi connectivity index (χ2n) is 3.52. The third-order valence-electron chi connectivity index (χ3n) is 2.41. The van der Waals surface area contributed by atoms with Crippen LogP contribution in [-0.4, -0.2) is 0 Å². The van der Waals surface area contributed by atoms with Gasteiger partial charge in [0, 0.05) is 0 Å². The molecule has 1 aliphatic rings. The van der Waals surface area contributed by atoms with Crippen LogP contribution in [0.3, 0.4) is 0 Å². The third kappa shape index (κ3) is 3.85. The summed E-state index contributed by atoms with van der Waals surface area (Å²) in [6, 6.07) is 6.60. The fraction of sp³-hybridized carbons (Fsp3) is 0.385. The Kier molecular flexibility index (Phi) is 7.40. The van der Waals surface area contributed by atoms with Crippen molar-refractivity contribution in [3.63, 3.8) is 0 Å². The second kappa shape index (κ2) is 7.36. The molecular formula is C13H18OU. The molecule has 0 aromatic heterocycles. The van der Waals surface area contributed by atoms with Gasteiger partial charge in [-0.3, -0.25) is 0 Å². The second-order valence-corrected chi connectivity index (χ2v) is 3.52. The van der Waals surface area contributed by atoms with Gasteiger partial charge in [-0.1, -0.05) is 25.5 Å². The predicted octanol–water partition coefficient (Wildman–Crippen LogP) is 3.58. The van der Waals surface area contributed by atoms with Crippen LogP contribution >= 0.6 is 0 Å². The Hall–Kier alpha value is 0.0719. The van der Waals surface area contributed by atoms with Crippen molar-refractivity contribution in [2.45, 2.75) is 32.6 Å². The molecule has 0 saturated heterocycles. The van der Waals surface area contributed by atoms with Crippen LogP contribution in [-0.2, 0) is 12.8 Å². The summed E-state index contributed by atoms with van der Waals surface area (Å²) in [5, 5.41) is 0. The van der Waals surface area contributed by atoms with Crippen molar-refractivity contribution in [2.75, 3.05) is 0 Å². The number of ether oxygens (including phenoxy) is 1. The van der Waals surface area contributed by atoms with Crippen LogP contribution in [0, 0.1) is 45.1 Å². The van der Waals surface area contributed by atoms with E-state index in [0.29, 0.717) is 0 Å². The summed E-state index contributed by atoms with van der Waals surface area (Å²) in [5.74, 6) is 1.07. The van der Waals surface area contributed by atoms with Crippen molar-refractivity contribution in [3.05, 3.63) is 43.4 Å². The minimum absolute atomic E-state index is 0. The molecule has 0 bridgehead atoms. The van der Waals surface area contributed by atoms with E-state index >= 15 is 0 Å². The summed E-state index contributed by atoms with van der Waals surface area (Å²) in [7, 11) is 0. The van der Waals surface area contributed by atoms with Gasteiger partial charge in [0.25, 0.3) is 0 Å². The summed E-state index contributed by atoms with van der Waals surface area (Å²) in [6.45, 7) is 4.10. The molecule has 0 unspecified atom stereocenters. The van der Waals surface area contributed by atoms with Gasteiger partial charge in [-0.15, -0.1) is 6.42 Å². The van der Waals surface area contributed by atoms with E-state index in [1.54, 1.807) is 0 Å². The van der Waals surface area contributed by atoms with Crippen molar-refractivity contribution in [3.8, 4) is 5.75 Å². The van der Waals surface area contributed by atoms with Gasteiger partial charge >= 0.3 is 31.1 Å². The van der Waals surface area contributed by atoms with E-state index in [1.807, 2.05) is 6.61 Å². The molecule has 0 spiro atoms. The molecule has 80 valence electrons. The first-order valence-electron chi connectivity index (χ1n) is 5.00. The van der Waals surface area contributed by atoms with Gasteiger partial charge < -0.3 is 12.2 Å². The summed E-state index contributed by atoms with van der Waals surface area (Å²) in [6.07, 6.45) is 4.51. The Morgan fingerprint density at radius 2 is 2.20 bits per heavy atom. The van der Waals surface area contributed by atoms with Gasteiger partial charge in [-0.2, -0.15) is 6.61 Å². The Bertz CT molecular complexity index is 297. The average Bonchev–Trinajstić information content (AvgIpc) is 2.18. The maximum atomic E-state index is 5.49. The molecule has 1 aliphatic heterocycles. The molecular weight excluding hydrogens is 410 g/mol. The standard InChI is InChI=1S/C12H15O.CH3.U/c1-2-4-10-6-7-11-5-3-8-13-12(11)9-10;;/h6-9H,2-5H2,1H3;1H3;/q2*-1;+2. The van der Waals surface area contributed by atoms with Gasteiger partial charge in [0.2, 0.25) is 0 Å². The third-order valence-corrected chi connectivity index (χ3v) is 2.41. The fourth-order valence-electron chi connectivity index (χ4n) is 1.72. The first kappa shape index (κ1) is 15.1. The molecule has 0 amide bonds. The molecule has 2 rings (SSSR count). The van der Waals surface area contributed by atoms with Crippen LogP contribution in [0.5, 0.6) is 5.75 Å². The smallest absolute Gasteiger partial charge is 0.662 e. The minimum atomic E-state index is 0. The summed E-state index contributed by atoms with van der Waals surface area (Å²) in [4.78, 5) is 0. The summed E-state index contributed by atoms with van der Waals surface area (Å²) >= 11 is 0. The number of rotatable bonds is 2. The minimum Gasteiger partial charge on any atom is -0.662 e. The zero-order chi connectivity index (χ0) is 9.10. The van der Waals surface area contributed by atoms with Crippen LogP contribution in [0.4, 0.5) is 0 Å². The predicted molar refractivity (Wildman–Crippen MR) is 60.1 cm³/mol. The van der Waals surface area contributed by atoms with Crippen molar-refractivity contribution < 1.29 is 35.9 Å². The number of aryl methyl sites for hydroxylation is 2. The van der Waals surface area contributed by atoms with Gasteiger partial charge in [-0.05, 0) is 30.0 Å². The van der Waals surface area contributed by atoms with Gasteiger partial charge in [-0.25, -0.2) is 0 Å². The molecule has 0 aliphatic carbocycles. The molecule has 1 aromatic rings. The van der Waals surface area contributed by atoms with Crippen molar-refractivity contribution >= 4 is 0 Å². The quantitative estimate of drug-likeness (QED) is 0.655. The van der Waals surface area contributed by atoms with E-state index in [2.05, 4.69) is 25.1 Å². The van der Waals surface area contributed by atoms with Crippen LogP contribution in [0.2, 0.25) is 0 Å². The normalized spacial score (nSPS) is 12.9. The number of benzene rings is 1. The monoisotopic (exact) mass is 428 g/mol. The fourth-order valence-corrected chi connectivity index (χ4v) is 1.72. The molecule has 1 aromatic carbocycles.